The smallest absolute Gasteiger partial charge is 0.340 e. The monoisotopic (exact) mass is 398 g/mol. The van der Waals surface area contributed by atoms with Gasteiger partial charge in [0, 0.05) is 51.0 Å². The van der Waals surface area contributed by atoms with Gasteiger partial charge >= 0.3 is 5.97 Å². The molecule has 1 atom stereocenters. The van der Waals surface area contributed by atoms with E-state index in [9.17, 15) is 9.59 Å². The van der Waals surface area contributed by atoms with Crippen molar-refractivity contribution < 1.29 is 14.3 Å². The third-order valence-electron chi connectivity index (χ3n) is 5.32. The average Bonchev–Trinajstić information content (AvgIpc) is 3.19. The van der Waals surface area contributed by atoms with Crippen molar-refractivity contribution in [2.45, 2.75) is 46.3 Å². The number of carbonyl (C=O) groups is 2. The van der Waals surface area contributed by atoms with E-state index in [-0.39, 0.29) is 30.4 Å². The molecule has 3 heterocycles. The number of likely N-dealkylation sites (tertiary alicyclic amines) is 1. The summed E-state index contributed by atoms with van der Waals surface area (Å²) < 4.78 is 5.32. The number of aromatic nitrogens is 1. The zero-order valence-corrected chi connectivity index (χ0v) is 17.4. The van der Waals surface area contributed by atoms with Crippen LogP contribution in [0.2, 0.25) is 0 Å². The number of piperazine rings is 1. The van der Waals surface area contributed by atoms with Crippen molar-refractivity contribution >= 4 is 24.3 Å². The Morgan fingerprint density at radius 1 is 1.15 bits per heavy atom. The molecule has 2 saturated heterocycles. The first-order valence-electron chi connectivity index (χ1n) is 9.52. The summed E-state index contributed by atoms with van der Waals surface area (Å²) in [6.07, 6.45) is 0.820. The van der Waals surface area contributed by atoms with Crippen LogP contribution in [0.4, 0.5) is 0 Å². The number of H-pyrrole nitrogens is 1. The first-order valence-corrected chi connectivity index (χ1v) is 9.52. The quantitative estimate of drug-likeness (QED) is 0.755. The molecular weight excluding hydrogens is 368 g/mol. The number of carbonyl (C=O) groups excluding carboxylic acids is 2. The molecule has 0 saturated carbocycles. The van der Waals surface area contributed by atoms with Crippen LogP contribution in [-0.4, -0.2) is 78.1 Å². The normalized spacial score (nSPS) is 20.6. The molecule has 1 aromatic heterocycles. The van der Waals surface area contributed by atoms with Gasteiger partial charge in [-0.3, -0.25) is 9.69 Å². The highest BCUT2D eigenvalue weighted by atomic mass is 35.5. The van der Waals surface area contributed by atoms with Gasteiger partial charge in [0.2, 0.25) is 0 Å². The minimum Gasteiger partial charge on any atom is -0.459 e. The summed E-state index contributed by atoms with van der Waals surface area (Å²) >= 11 is 0. The summed E-state index contributed by atoms with van der Waals surface area (Å²) in [5.41, 5.74) is 2.37. The molecule has 7 nitrogen and oxygen atoms in total. The molecule has 1 amide bonds. The van der Waals surface area contributed by atoms with Gasteiger partial charge in [0.1, 0.15) is 5.69 Å². The molecule has 1 unspecified atom stereocenters. The number of amides is 1. The molecule has 0 bridgehead atoms. The summed E-state index contributed by atoms with van der Waals surface area (Å²) in [5.74, 6) is -0.391. The molecule has 2 N–H and O–H groups in total. The topological polar surface area (TPSA) is 77.7 Å². The SMILES string of the molecule is Cc1[nH]c(C(=O)N2CCC(N3CCNCC3)C2)c(C)c1C(=O)OC(C)C.Cl. The Morgan fingerprint density at radius 2 is 1.81 bits per heavy atom. The number of hydrogen-bond acceptors (Lipinski definition) is 5. The standard InChI is InChI=1S/C19H30N4O3.ClH/c1-12(2)26-19(25)16-13(3)17(21-14(16)4)18(24)23-8-5-15(11-23)22-9-6-20-7-10-22;/h12,15,20-21H,5-11H2,1-4H3;1H. The molecule has 0 radical (unpaired) electrons. The molecule has 0 aromatic carbocycles. The van der Waals surface area contributed by atoms with Crippen molar-refractivity contribution in [1.82, 2.24) is 20.1 Å². The minimum atomic E-state index is -0.370. The Bertz CT molecular complexity index is 683. The van der Waals surface area contributed by atoms with E-state index < -0.39 is 0 Å². The zero-order chi connectivity index (χ0) is 18.8. The molecule has 3 rings (SSSR count). The first kappa shape index (κ1) is 21.7. The third kappa shape index (κ3) is 4.65. The Morgan fingerprint density at radius 3 is 2.44 bits per heavy atom. The second-order valence-electron chi connectivity index (χ2n) is 7.56. The summed E-state index contributed by atoms with van der Waals surface area (Å²) in [6, 6.07) is 0.433. The van der Waals surface area contributed by atoms with Gasteiger partial charge in [-0.25, -0.2) is 4.79 Å². The maximum Gasteiger partial charge on any atom is 0.340 e. The lowest BCUT2D eigenvalue weighted by atomic mass is 10.1. The van der Waals surface area contributed by atoms with E-state index in [0.717, 1.165) is 45.7 Å². The van der Waals surface area contributed by atoms with Gasteiger partial charge in [-0.05, 0) is 39.7 Å². The zero-order valence-electron chi connectivity index (χ0n) is 16.6. The van der Waals surface area contributed by atoms with Crippen LogP contribution in [0, 0.1) is 13.8 Å². The van der Waals surface area contributed by atoms with Crippen LogP contribution in [-0.2, 0) is 4.74 Å². The van der Waals surface area contributed by atoms with Crippen molar-refractivity contribution in [1.29, 1.82) is 0 Å². The van der Waals surface area contributed by atoms with Crippen LogP contribution >= 0.6 is 12.4 Å². The number of nitrogens with one attached hydrogen (secondary N) is 2. The van der Waals surface area contributed by atoms with Crippen LogP contribution in [0.25, 0.3) is 0 Å². The molecule has 2 aliphatic heterocycles. The fourth-order valence-corrected chi connectivity index (χ4v) is 3.97. The lowest BCUT2D eigenvalue weighted by molar-refractivity contribution is 0.0376. The largest absolute Gasteiger partial charge is 0.459 e. The van der Waals surface area contributed by atoms with Gasteiger partial charge in [-0.2, -0.15) is 0 Å². The van der Waals surface area contributed by atoms with E-state index in [2.05, 4.69) is 15.2 Å². The van der Waals surface area contributed by atoms with Crippen molar-refractivity contribution in [2.24, 2.45) is 0 Å². The number of hydrogen-bond donors (Lipinski definition) is 2. The van der Waals surface area contributed by atoms with E-state index in [4.69, 9.17) is 4.74 Å². The van der Waals surface area contributed by atoms with E-state index in [1.807, 2.05) is 32.6 Å². The Balaban J connectivity index is 0.00000261. The van der Waals surface area contributed by atoms with Crippen molar-refractivity contribution in [3.8, 4) is 0 Å². The number of ether oxygens (including phenoxy) is 1. The van der Waals surface area contributed by atoms with Crippen LogP contribution in [0.3, 0.4) is 0 Å². The number of aryl methyl sites for hydroxylation is 1. The third-order valence-corrected chi connectivity index (χ3v) is 5.32. The second kappa shape index (κ2) is 9.08. The molecule has 0 aliphatic carbocycles. The van der Waals surface area contributed by atoms with Gasteiger partial charge in [-0.15, -0.1) is 12.4 Å². The van der Waals surface area contributed by atoms with Crippen LogP contribution in [0.5, 0.6) is 0 Å². The van der Waals surface area contributed by atoms with E-state index >= 15 is 0 Å². The minimum absolute atomic E-state index is 0. The predicted octanol–water partition coefficient (Wildman–Crippen LogP) is 1.74. The highest BCUT2D eigenvalue weighted by Crippen LogP contribution is 2.24. The van der Waals surface area contributed by atoms with Gasteiger partial charge in [0.25, 0.3) is 5.91 Å². The predicted molar refractivity (Wildman–Crippen MR) is 107 cm³/mol. The summed E-state index contributed by atoms with van der Waals surface area (Å²) in [4.78, 5) is 32.9. The fraction of sp³-hybridized carbons (Fsp3) is 0.684. The van der Waals surface area contributed by atoms with Crippen LogP contribution < -0.4 is 5.32 Å². The number of halogens is 1. The van der Waals surface area contributed by atoms with Gasteiger partial charge < -0.3 is 19.9 Å². The maximum atomic E-state index is 13.0. The molecule has 2 aliphatic rings. The van der Waals surface area contributed by atoms with Crippen molar-refractivity contribution in [3.63, 3.8) is 0 Å². The number of nitrogens with zero attached hydrogens (tertiary/aromatic N) is 2. The molecule has 1 aromatic rings. The summed E-state index contributed by atoms with van der Waals surface area (Å²) in [7, 11) is 0. The molecule has 0 spiro atoms. The lowest BCUT2D eigenvalue weighted by Gasteiger charge is -2.32. The number of esters is 1. The van der Waals surface area contributed by atoms with Crippen LogP contribution in [0.15, 0.2) is 0 Å². The molecule has 2 fully saturated rings. The molecule has 8 heteroatoms. The lowest BCUT2D eigenvalue weighted by Crippen LogP contribution is -2.49. The summed E-state index contributed by atoms with van der Waals surface area (Å²) in [5, 5.41) is 3.37. The van der Waals surface area contributed by atoms with E-state index in [1.54, 1.807) is 0 Å². The maximum absolute atomic E-state index is 13.0. The van der Waals surface area contributed by atoms with Crippen molar-refractivity contribution in [2.75, 3.05) is 39.3 Å². The summed E-state index contributed by atoms with van der Waals surface area (Å²) in [6.45, 7) is 12.9. The van der Waals surface area contributed by atoms with Gasteiger partial charge in [0.15, 0.2) is 0 Å². The Labute approximate surface area is 167 Å². The van der Waals surface area contributed by atoms with Gasteiger partial charge in [-0.1, -0.05) is 0 Å². The molecule has 152 valence electrons. The average molecular weight is 399 g/mol. The highest BCUT2D eigenvalue weighted by molar-refractivity contribution is 6.00. The van der Waals surface area contributed by atoms with E-state index in [1.165, 1.54) is 0 Å². The molecule has 27 heavy (non-hydrogen) atoms. The van der Waals surface area contributed by atoms with Crippen molar-refractivity contribution in [3.05, 3.63) is 22.5 Å². The Kier molecular flexibility index (Phi) is 7.31. The first-order chi connectivity index (χ1) is 12.4. The second-order valence-corrected chi connectivity index (χ2v) is 7.56. The molecular formula is C19H31ClN4O3. The number of aromatic amines is 1. The van der Waals surface area contributed by atoms with Gasteiger partial charge in [0.05, 0.1) is 11.7 Å². The van der Waals surface area contributed by atoms with Crippen LogP contribution in [0.1, 0.15) is 52.4 Å². The highest BCUT2D eigenvalue weighted by Gasteiger charge is 2.33. The van der Waals surface area contributed by atoms with E-state index in [0.29, 0.717) is 28.6 Å². The number of rotatable bonds is 4. The Hall–Kier alpha value is -1.57. The fourth-order valence-electron chi connectivity index (χ4n) is 3.97.